The molecule has 0 aliphatic heterocycles. The molecule has 5 nitrogen and oxygen atoms in total. The topological polar surface area (TPSA) is 97.5 Å². The molecule has 5 N–H and O–H groups in total. The zero-order valence-electron chi connectivity index (χ0n) is 9.56. The normalized spacial score (nSPS) is 12.6. The molecular weight excluding hydrogens is 239 g/mol. The highest BCUT2D eigenvalue weighted by Crippen LogP contribution is 2.03. The summed E-state index contributed by atoms with van der Waals surface area (Å²) < 4.78 is 13.3. The van der Waals surface area contributed by atoms with Crippen LogP contribution in [0.2, 0.25) is 0 Å². The van der Waals surface area contributed by atoms with Crippen LogP contribution in [-0.2, 0) is 11.3 Å². The van der Waals surface area contributed by atoms with Gasteiger partial charge in [0.2, 0.25) is 5.71 Å². The van der Waals surface area contributed by atoms with Gasteiger partial charge in [-0.15, -0.1) is 0 Å². The fourth-order valence-corrected chi connectivity index (χ4v) is 1.25. The van der Waals surface area contributed by atoms with Crippen LogP contribution in [0.25, 0.3) is 0 Å². The van der Waals surface area contributed by atoms with Crippen molar-refractivity contribution in [2.45, 2.75) is 6.54 Å². The number of aliphatic hydroxyl groups excluding tert-OH is 1. The molecule has 0 saturated heterocycles. The van der Waals surface area contributed by atoms with Gasteiger partial charge in [-0.2, -0.15) is 0 Å². The SMILES string of the molecule is NC(=CC(CO)=[NH+]Cc1ccccc1F)C(=O)O. The van der Waals surface area contributed by atoms with Crippen molar-refractivity contribution in [1.82, 2.24) is 0 Å². The first kappa shape index (κ1) is 13.9. The second-order valence-corrected chi connectivity index (χ2v) is 3.53. The minimum absolute atomic E-state index is 0.131. The summed E-state index contributed by atoms with van der Waals surface area (Å²) in [5.74, 6) is -1.66. The Morgan fingerprint density at radius 1 is 1.44 bits per heavy atom. The van der Waals surface area contributed by atoms with Crippen molar-refractivity contribution in [3.8, 4) is 0 Å². The lowest BCUT2D eigenvalue weighted by atomic mass is 10.2. The number of aliphatic carboxylic acids is 1. The highest BCUT2D eigenvalue weighted by atomic mass is 19.1. The van der Waals surface area contributed by atoms with Gasteiger partial charge in [0.25, 0.3) is 0 Å². The van der Waals surface area contributed by atoms with Crippen LogP contribution in [0.3, 0.4) is 0 Å². The molecule has 1 aromatic carbocycles. The Morgan fingerprint density at radius 3 is 2.67 bits per heavy atom. The smallest absolute Gasteiger partial charge is 0.351 e. The fourth-order valence-electron chi connectivity index (χ4n) is 1.25. The van der Waals surface area contributed by atoms with Gasteiger partial charge in [0.1, 0.15) is 18.1 Å². The van der Waals surface area contributed by atoms with Crippen LogP contribution < -0.4 is 10.7 Å². The summed E-state index contributed by atoms with van der Waals surface area (Å²) in [5.41, 5.74) is 5.42. The van der Waals surface area contributed by atoms with E-state index in [1.807, 2.05) is 0 Å². The van der Waals surface area contributed by atoms with Crippen LogP contribution in [0.4, 0.5) is 4.39 Å². The van der Waals surface area contributed by atoms with Crippen molar-refractivity contribution in [2.75, 3.05) is 6.61 Å². The van der Waals surface area contributed by atoms with Gasteiger partial charge in [0, 0.05) is 6.08 Å². The molecule has 0 unspecified atom stereocenters. The molecule has 0 heterocycles. The third-order valence-corrected chi connectivity index (χ3v) is 2.21. The summed E-state index contributed by atoms with van der Waals surface area (Å²) in [6.45, 7) is -0.283. The number of nitrogens with two attached hydrogens (primary N) is 1. The highest BCUT2D eigenvalue weighted by Gasteiger charge is 2.08. The number of hydrogen-bond acceptors (Lipinski definition) is 3. The van der Waals surface area contributed by atoms with Crippen LogP contribution in [0, 0.1) is 5.82 Å². The van der Waals surface area contributed by atoms with E-state index in [0.29, 0.717) is 5.56 Å². The van der Waals surface area contributed by atoms with E-state index in [9.17, 15) is 9.18 Å². The van der Waals surface area contributed by atoms with E-state index in [-0.39, 0.29) is 18.1 Å². The van der Waals surface area contributed by atoms with Crippen molar-refractivity contribution in [3.05, 3.63) is 47.4 Å². The molecular formula is C12H14FN2O3+. The van der Waals surface area contributed by atoms with Gasteiger partial charge < -0.3 is 15.9 Å². The number of carboxylic acid groups (broad SMARTS) is 1. The maximum absolute atomic E-state index is 13.3. The predicted molar refractivity (Wildman–Crippen MR) is 63.1 cm³/mol. The Bertz CT molecular complexity index is 498. The Labute approximate surface area is 103 Å². The van der Waals surface area contributed by atoms with E-state index in [2.05, 4.69) is 4.99 Å². The second kappa shape index (κ2) is 6.51. The molecule has 0 aromatic heterocycles. The fraction of sp³-hybridized carbons (Fsp3) is 0.167. The lowest BCUT2D eigenvalue weighted by Crippen LogP contribution is -2.72. The number of aliphatic hydroxyl groups is 1. The van der Waals surface area contributed by atoms with Crippen molar-refractivity contribution < 1.29 is 24.4 Å². The lowest BCUT2D eigenvalue weighted by molar-refractivity contribution is -0.476. The molecule has 0 saturated carbocycles. The Kier molecular flexibility index (Phi) is 5.01. The summed E-state index contributed by atoms with van der Waals surface area (Å²) >= 11 is 0. The van der Waals surface area contributed by atoms with Gasteiger partial charge in [0.05, 0.1) is 5.56 Å². The minimum Gasteiger partial charge on any atom is -0.477 e. The van der Waals surface area contributed by atoms with Crippen molar-refractivity contribution >= 4 is 11.7 Å². The Hall–Kier alpha value is -2.21. The van der Waals surface area contributed by atoms with Gasteiger partial charge >= 0.3 is 5.97 Å². The third kappa shape index (κ3) is 3.99. The number of carbonyl (C=O) groups is 1. The lowest BCUT2D eigenvalue weighted by Gasteiger charge is -1.96. The average molecular weight is 253 g/mol. The number of rotatable bonds is 5. The Balaban J connectivity index is 2.84. The Morgan fingerprint density at radius 2 is 2.11 bits per heavy atom. The molecule has 0 spiro atoms. The van der Waals surface area contributed by atoms with Crippen molar-refractivity contribution in [1.29, 1.82) is 0 Å². The van der Waals surface area contributed by atoms with Gasteiger partial charge in [-0.1, -0.05) is 12.1 Å². The number of halogens is 1. The monoisotopic (exact) mass is 253 g/mol. The first-order chi connectivity index (χ1) is 8.54. The summed E-state index contributed by atoms with van der Waals surface area (Å²) in [6.07, 6.45) is 1.10. The first-order valence-corrected chi connectivity index (χ1v) is 5.19. The van der Waals surface area contributed by atoms with Crippen molar-refractivity contribution in [3.63, 3.8) is 0 Å². The van der Waals surface area contributed by atoms with Crippen LogP contribution >= 0.6 is 0 Å². The first-order valence-electron chi connectivity index (χ1n) is 5.19. The minimum atomic E-state index is -1.28. The maximum Gasteiger partial charge on any atom is 0.351 e. The molecule has 0 aliphatic carbocycles. The molecule has 1 rings (SSSR count). The van der Waals surface area contributed by atoms with E-state index < -0.39 is 18.3 Å². The van der Waals surface area contributed by atoms with Crippen LogP contribution in [-0.4, -0.2) is 28.5 Å². The van der Waals surface area contributed by atoms with Crippen LogP contribution in [0.5, 0.6) is 0 Å². The largest absolute Gasteiger partial charge is 0.477 e. The van der Waals surface area contributed by atoms with Gasteiger partial charge in [-0.25, -0.2) is 14.2 Å². The molecule has 0 radical (unpaired) electrons. The zero-order valence-corrected chi connectivity index (χ0v) is 9.56. The number of benzene rings is 1. The van der Waals surface area contributed by atoms with Gasteiger partial charge in [-0.3, -0.25) is 0 Å². The molecule has 0 bridgehead atoms. The third-order valence-electron chi connectivity index (χ3n) is 2.21. The van der Waals surface area contributed by atoms with E-state index in [1.165, 1.54) is 6.07 Å². The molecule has 0 aliphatic rings. The average Bonchev–Trinajstić information content (AvgIpc) is 2.35. The van der Waals surface area contributed by atoms with Gasteiger partial charge in [-0.05, 0) is 12.1 Å². The molecule has 0 amide bonds. The summed E-state index contributed by atoms with van der Waals surface area (Å²) in [6, 6.07) is 6.15. The quantitative estimate of drug-likeness (QED) is 0.390. The van der Waals surface area contributed by atoms with E-state index in [1.54, 1.807) is 18.2 Å². The second-order valence-electron chi connectivity index (χ2n) is 3.53. The summed E-state index contributed by atoms with van der Waals surface area (Å²) in [7, 11) is 0. The standard InChI is InChI=1S/C12H13FN2O3/c13-10-4-2-1-3-8(10)6-15-9(7-16)5-11(14)12(17)18/h1-5,16H,6-7,14H2,(H,17,18)/p+1. The zero-order chi connectivity index (χ0) is 13.5. The highest BCUT2D eigenvalue weighted by molar-refractivity contribution is 5.98. The van der Waals surface area contributed by atoms with E-state index in [0.717, 1.165) is 6.08 Å². The molecule has 1 aromatic rings. The van der Waals surface area contributed by atoms with Crippen LogP contribution in [0.15, 0.2) is 36.0 Å². The predicted octanol–water partition coefficient (Wildman–Crippen LogP) is -1.23. The number of carboxylic acids is 1. The van der Waals surface area contributed by atoms with Gasteiger partial charge in [0.15, 0.2) is 6.54 Å². The number of hydrogen-bond donors (Lipinski definition) is 4. The maximum atomic E-state index is 13.3. The number of nitrogens with one attached hydrogen (secondary N) is 1. The molecule has 96 valence electrons. The van der Waals surface area contributed by atoms with Crippen molar-refractivity contribution in [2.24, 2.45) is 5.73 Å². The molecule has 0 atom stereocenters. The molecule has 18 heavy (non-hydrogen) atoms. The molecule has 6 heteroatoms. The summed E-state index contributed by atoms with van der Waals surface area (Å²) in [5, 5.41) is 17.6. The summed E-state index contributed by atoms with van der Waals surface area (Å²) in [4.78, 5) is 13.2. The molecule has 0 fully saturated rings. The van der Waals surface area contributed by atoms with E-state index in [4.69, 9.17) is 15.9 Å². The van der Waals surface area contributed by atoms with Crippen LogP contribution in [0.1, 0.15) is 5.56 Å². The van der Waals surface area contributed by atoms with E-state index >= 15 is 0 Å².